The van der Waals surface area contributed by atoms with Crippen molar-refractivity contribution < 1.29 is 18.9 Å². The molecule has 1 N–H and O–H groups in total. The van der Waals surface area contributed by atoms with Gasteiger partial charge in [0, 0.05) is 61.6 Å². The van der Waals surface area contributed by atoms with Crippen molar-refractivity contribution in [1.82, 2.24) is 24.7 Å². The van der Waals surface area contributed by atoms with Crippen molar-refractivity contribution in [2.45, 2.75) is 45.6 Å². The summed E-state index contributed by atoms with van der Waals surface area (Å²) in [6, 6.07) is 11.8. The summed E-state index contributed by atoms with van der Waals surface area (Å²) in [5.41, 5.74) is 2.12. The molecule has 208 valence electrons. The summed E-state index contributed by atoms with van der Waals surface area (Å²) >= 11 is 0. The fraction of sp³-hybridized carbons (Fsp3) is 0.500. The highest BCUT2D eigenvalue weighted by atomic mass is 16.5. The van der Waals surface area contributed by atoms with Crippen molar-refractivity contribution in [2.75, 3.05) is 31.5 Å². The third-order valence-electron chi connectivity index (χ3n) is 9.22. The zero-order valence-corrected chi connectivity index (χ0v) is 22.9. The van der Waals surface area contributed by atoms with Crippen LogP contribution in [0.2, 0.25) is 0 Å². The second-order valence-corrected chi connectivity index (χ2v) is 12.8. The highest BCUT2D eigenvalue weighted by molar-refractivity contribution is 5.94. The van der Waals surface area contributed by atoms with E-state index in [1.54, 1.807) is 23.1 Å². The Balaban J connectivity index is 1.09. The maximum Gasteiger partial charge on any atom is 0.257 e. The lowest BCUT2D eigenvalue weighted by molar-refractivity contribution is -0.145. The predicted octanol–water partition coefficient (Wildman–Crippen LogP) is 3.38. The molecule has 2 atom stereocenters. The van der Waals surface area contributed by atoms with Crippen molar-refractivity contribution in [3.8, 4) is 0 Å². The molecule has 2 aromatic heterocycles. The molecular formula is C30H34N6O4. The van der Waals surface area contributed by atoms with E-state index in [1.165, 1.54) is 0 Å². The Labute approximate surface area is 232 Å². The van der Waals surface area contributed by atoms with Gasteiger partial charge in [-0.2, -0.15) is 5.10 Å². The first-order valence-corrected chi connectivity index (χ1v) is 14.1. The Kier molecular flexibility index (Phi) is 5.66. The molecule has 10 nitrogen and oxygen atoms in total. The van der Waals surface area contributed by atoms with Gasteiger partial charge in [-0.25, -0.2) is 0 Å². The number of rotatable bonds is 7. The Morgan fingerprint density at radius 2 is 1.80 bits per heavy atom. The van der Waals surface area contributed by atoms with Gasteiger partial charge in [0.15, 0.2) is 0 Å². The summed E-state index contributed by atoms with van der Waals surface area (Å²) in [5.74, 6) is 0.442. The van der Waals surface area contributed by atoms with Crippen LogP contribution < -0.4 is 5.32 Å². The Bertz CT molecular complexity index is 1470. The van der Waals surface area contributed by atoms with E-state index < -0.39 is 0 Å². The van der Waals surface area contributed by atoms with Crippen LogP contribution in [0.15, 0.2) is 53.3 Å². The summed E-state index contributed by atoms with van der Waals surface area (Å²) in [4.78, 5) is 42.8. The van der Waals surface area contributed by atoms with Gasteiger partial charge in [-0.3, -0.25) is 24.4 Å². The van der Waals surface area contributed by atoms with Gasteiger partial charge in [-0.1, -0.05) is 49.3 Å². The van der Waals surface area contributed by atoms with Gasteiger partial charge in [-0.05, 0) is 30.2 Å². The molecule has 1 aromatic carbocycles. The first kappa shape index (κ1) is 25.0. The van der Waals surface area contributed by atoms with Crippen LogP contribution in [0, 0.1) is 22.7 Å². The summed E-state index contributed by atoms with van der Waals surface area (Å²) in [6.45, 7) is 7.00. The first-order valence-electron chi connectivity index (χ1n) is 14.1. The van der Waals surface area contributed by atoms with E-state index in [1.807, 2.05) is 40.1 Å². The largest absolute Gasteiger partial charge is 0.341 e. The highest BCUT2D eigenvalue weighted by Crippen LogP contribution is 2.55. The minimum atomic E-state index is -0.307. The summed E-state index contributed by atoms with van der Waals surface area (Å²) in [6.07, 6.45) is 6.14. The molecule has 2 aliphatic carbocycles. The van der Waals surface area contributed by atoms with Crippen molar-refractivity contribution in [3.63, 3.8) is 0 Å². The Morgan fingerprint density at radius 3 is 2.50 bits per heavy atom. The van der Waals surface area contributed by atoms with Crippen LogP contribution in [0.1, 0.15) is 60.6 Å². The maximum atomic E-state index is 13.7. The molecule has 4 aliphatic rings. The second kappa shape index (κ2) is 9.04. The summed E-state index contributed by atoms with van der Waals surface area (Å²) < 4.78 is 7.28. The van der Waals surface area contributed by atoms with Crippen LogP contribution in [0.3, 0.4) is 0 Å². The quantitative estimate of drug-likeness (QED) is 0.490. The molecule has 2 aliphatic heterocycles. The monoisotopic (exact) mass is 542 g/mol. The Hall–Kier alpha value is -3.95. The topological polar surface area (TPSA) is 114 Å². The van der Waals surface area contributed by atoms with E-state index in [2.05, 4.69) is 29.4 Å². The molecule has 1 spiro atoms. The number of aromatic nitrogens is 3. The highest BCUT2D eigenvalue weighted by Gasteiger charge is 2.61. The third kappa shape index (κ3) is 4.49. The predicted molar refractivity (Wildman–Crippen MR) is 145 cm³/mol. The lowest BCUT2D eigenvalue weighted by Gasteiger charge is -2.50. The van der Waals surface area contributed by atoms with Gasteiger partial charge >= 0.3 is 0 Å². The summed E-state index contributed by atoms with van der Waals surface area (Å²) in [5, 5.41) is 11.6. The number of benzene rings is 1. The van der Waals surface area contributed by atoms with Gasteiger partial charge in [0.25, 0.3) is 5.91 Å². The van der Waals surface area contributed by atoms with Crippen LogP contribution >= 0.6 is 0 Å². The molecule has 3 amide bonds. The van der Waals surface area contributed by atoms with Crippen LogP contribution in [-0.4, -0.2) is 68.6 Å². The van der Waals surface area contributed by atoms with Gasteiger partial charge in [0.2, 0.25) is 17.7 Å². The van der Waals surface area contributed by atoms with E-state index in [-0.39, 0.29) is 46.3 Å². The lowest BCUT2D eigenvalue weighted by Crippen LogP contribution is -2.62. The molecule has 0 radical (unpaired) electrons. The number of carbonyl (C=O) groups excluding carboxylic acids is 3. The fourth-order valence-electron chi connectivity index (χ4n) is 6.42. The molecule has 10 heteroatoms. The van der Waals surface area contributed by atoms with E-state index >= 15 is 0 Å². The second-order valence-electron chi connectivity index (χ2n) is 12.8. The molecule has 1 unspecified atom stereocenters. The van der Waals surface area contributed by atoms with Crippen molar-refractivity contribution >= 4 is 23.6 Å². The van der Waals surface area contributed by atoms with Crippen molar-refractivity contribution in [1.29, 1.82) is 0 Å². The summed E-state index contributed by atoms with van der Waals surface area (Å²) in [7, 11) is 0. The SMILES string of the molecule is CC1(C)C[C@@H]1C(=O)N1CC2(CN(C(=O)c3cnn(Cc4ccccc4)c3)CC2c2cc(NC(=O)C3CC3)on2)C1. The normalized spacial score (nSPS) is 24.1. The third-order valence-corrected chi connectivity index (χ3v) is 9.22. The smallest absolute Gasteiger partial charge is 0.257 e. The van der Waals surface area contributed by atoms with Crippen molar-refractivity contribution in [3.05, 3.63) is 65.6 Å². The molecule has 2 saturated heterocycles. The maximum absolute atomic E-state index is 13.7. The molecular weight excluding hydrogens is 508 g/mol. The molecule has 4 heterocycles. The number of carbonyl (C=O) groups is 3. The van der Waals surface area contributed by atoms with E-state index in [0.29, 0.717) is 49.9 Å². The van der Waals surface area contributed by atoms with E-state index in [0.717, 1.165) is 24.8 Å². The Morgan fingerprint density at radius 1 is 1.07 bits per heavy atom. The van der Waals surface area contributed by atoms with E-state index in [9.17, 15) is 14.4 Å². The van der Waals surface area contributed by atoms with Gasteiger partial charge in [-0.15, -0.1) is 0 Å². The number of amides is 3. The van der Waals surface area contributed by atoms with Crippen LogP contribution in [-0.2, 0) is 16.1 Å². The standard InChI is InChI=1S/C30H34N6O4/c1-29(2)11-22(29)28(39)35-17-30(18-35)16-34(15-23(30)24-10-25(40-33-24)32-26(37)20-8-9-20)27(38)21-12-31-36(14-21)13-19-6-4-3-5-7-19/h3-7,10,12,14,20,22-23H,8-9,11,13,15-18H2,1-2H3,(H,32,37)/t22-,23?/m1/s1. The number of likely N-dealkylation sites (tertiary alicyclic amines) is 2. The molecule has 0 bridgehead atoms. The van der Waals surface area contributed by atoms with Crippen molar-refractivity contribution in [2.24, 2.45) is 22.7 Å². The number of nitrogens with one attached hydrogen (secondary N) is 1. The van der Waals surface area contributed by atoms with Gasteiger partial charge in [0.1, 0.15) is 0 Å². The van der Waals surface area contributed by atoms with Crippen LogP contribution in [0.5, 0.6) is 0 Å². The minimum Gasteiger partial charge on any atom is -0.341 e. The number of hydrogen-bond acceptors (Lipinski definition) is 6. The zero-order valence-electron chi connectivity index (χ0n) is 22.9. The number of nitrogens with zero attached hydrogens (tertiary/aromatic N) is 5. The molecule has 40 heavy (non-hydrogen) atoms. The number of hydrogen-bond donors (Lipinski definition) is 1. The average molecular weight is 543 g/mol. The van der Waals surface area contributed by atoms with Crippen LogP contribution in [0.4, 0.5) is 5.88 Å². The van der Waals surface area contributed by atoms with E-state index in [4.69, 9.17) is 4.52 Å². The van der Waals surface area contributed by atoms with Gasteiger partial charge < -0.3 is 14.3 Å². The first-order chi connectivity index (χ1) is 19.2. The van der Waals surface area contributed by atoms with Crippen LogP contribution in [0.25, 0.3) is 0 Å². The molecule has 2 saturated carbocycles. The fourth-order valence-corrected chi connectivity index (χ4v) is 6.42. The average Bonchev–Trinajstić information content (AvgIpc) is 3.66. The minimum absolute atomic E-state index is 0.0411. The molecule has 3 aromatic rings. The lowest BCUT2D eigenvalue weighted by atomic mass is 9.70. The molecule has 4 fully saturated rings. The molecule has 7 rings (SSSR count). The zero-order chi connectivity index (χ0) is 27.6. The van der Waals surface area contributed by atoms with Gasteiger partial charge in [0.05, 0.1) is 24.0 Å². The number of anilines is 1.